The summed E-state index contributed by atoms with van der Waals surface area (Å²) in [7, 11) is -3.68. The van der Waals surface area contributed by atoms with Crippen LogP contribution >= 0.6 is 31.9 Å². The first kappa shape index (κ1) is 14.4. The van der Waals surface area contributed by atoms with Gasteiger partial charge >= 0.3 is 0 Å². The normalized spacial score (nSPS) is 11.3. The first-order valence-corrected chi connectivity index (χ1v) is 8.23. The van der Waals surface area contributed by atoms with Crippen molar-refractivity contribution < 1.29 is 8.42 Å². The minimum Gasteiger partial charge on any atom is -0.261 e. The van der Waals surface area contributed by atoms with Crippen LogP contribution in [-0.4, -0.2) is 18.4 Å². The van der Waals surface area contributed by atoms with Crippen molar-refractivity contribution >= 4 is 47.7 Å². The van der Waals surface area contributed by atoms with Crippen LogP contribution in [0.1, 0.15) is 5.56 Å². The van der Waals surface area contributed by atoms with Crippen LogP contribution in [0, 0.1) is 6.92 Å². The van der Waals surface area contributed by atoms with E-state index in [0.29, 0.717) is 14.8 Å². The number of halogens is 2. The Labute approximate surface area is 127 Å². The number of rotatable bonds is 3. The molecule has 0 unspecified atom stereocenters. The van der Waals surface area contributed by atoms with Crippen LogP contribution in [0.25, 0.3) is 0 Å². The molecule has 19 heavy (non-hydrogen) atoms. The lowest BCUT2D eigenvalue weighted by Crippen LogP contribution is -2.15. The molecule has 0 amide bonds. The second kappa shape index (κ2) is 5.56. The summed E-state index contributed by atoms with van der Waals surface area (Å²) in [6, 6.07) is 6.72. The predicted molar refractivity (Wildman–Crippen MR) is 79.4 cm³/mol. The Morgan fingerprint density at radius 3 is 2.53 bits per heavy atom. The minimum absolute atomic E-state index is 0.145. The van der Waals surface area contributed by atoms with Gasteiger partial charge in [0.25, 0.3) is 10.0 Å². The molecule has 0 spiro atoms. The summed E-state index contributed by atoms with van der Waals surface area (Å²) < 4.78 is 27.7. The third-order valence-electron chi connectivity index (χ3n) is 2.31. The van der Waals surface area contributed by atoms with Gasteiger partial charge in [-0.1, -0.05) is 18.2 Å². The van der Waals surface area contributed by atoms with Crippen LogP contribution in [0.15, 0.2) is 44.6 Å². The summed E-state index contributed by atoms with van der Waals surface area (Å²) in [4.78, 5) is 8.20. The molecule has 2 rings (SSSR count). The van der Waals surface area contributed by atoms with Crippen molar-refractivity contribution in [1.29, 1.82) is 0 Å². The Morgan fingerprint density at radius 2 is 1.89 bits per heavy atom. The molecule has 0 aliphatic heterocycles. The number of hydrogen-bond donors (Lipinski definition) is 1. The first-order chi connectivity index (χ1) is 8.90. The van der Waals surface area contributed by atoms with E-state index in [1.165, 1.54) is 12.3 Å². The molecule has 0 aliphatic carbocycles. The van der Waals surface area contributed by atoms with E-state index in [0.717, 1.165) is 0 Å². The van der Waals surface area contributed by atoms with Crippen molar-refractivity contribution in [2.45, 2.75) is 11.8 Å². The van der Waals surface area contributed by atoms with Crippen molar-refractivity contribution in [1.82, 2.24) is 9.97 Å². The maximum Gasteiger partial charge on any atom is 0.263 e. The number of anilines is 1. The van der Waals surface area contributed by atoms with Crippen LogP contribution in [0.5, 0.6) is 0 Å². The number of aryl methyl sites for hydroxylation is 1. The Hall–Kier alpha value is -0.990. The van der Waals surface area contributed by atoms with E-state index in [2.05, 4.69) is 46.5 Å². The summed E-state index contributed by atoms with van der Waals surface area (Å²) in [6.45, 7) is 1.73. The number of sulfonamides is 1. The molecule has 8 heteroatoms. The SMILES string of the molecule is Cc1ccccc1S(=O)(=O)Nc1ncc(Br)nc1Br. The zero-order chi connectivity index (χ0) is 14.0. The van der Waals surface area contributed by atoms with Gasteiger partial charge in [-0.3, -0.25) is 4.72 Å². The topological polar surface area (TPSA) is 72.0 Å². The van der Waals surface area contributed by atoms with Gasteiger partial charge in [0.15, 0.2) is 10.4 Å². The van der Waals surface area contributed by atoms with Gasteiger partial charge in [-0.05, 0) is 50.4 Å². The fourth-order valence-corrected chi connectivity index (χ4v) is 3.76. The summed E-state index contributed by atoms with van der Waals surface area (Å²) in [6.07, 6.45) is 1.42. The standard InChI is InChI=1S/C11H9Br2N3O2S/c1-7-4-2-3-5-8(7)19(17,18)16-11-10(13)15-9(12)6-14-11/h2-6H,1H3,(H,14,16). The summed E-state index contributed by atoms with van der Waals surface area (Å²) in [5.74, 6) is 0.145. The molecule has 1 aromatic heterocycles. The van der Waals surface area contributed by atoms with Crippen LogP contribution in [-0.2, 0) is 10.0 Å². The van der Waals surface area contributed by atoms with Gasteiger partial charge in [-0.15, -0.1) is 0 Å². The Bertz CT molecular complexity index is 720. The van der Waals surface area contributed by atoms with E-state index in [4.69, 9.17) is 0 Å². The van der Waals surface area contributed by atoms with Gasteiger partial charge in [0, 0.05) is 0 Å². The fourth-order valence-electron chi connectivity index (χ4n) is 1.46. The lowest BCUT2D eigenvalue weighted by Gasteiger charge is -2.10. The van der Waals surface area contributed by atoms with E-state index in [9.17, 15) is 8.42 Å². The Kier molecular flexibility index (Phi) is 4.22. The van der Waals surface area contributed by atoms with Crippen LogP contribution in [0.3, 0.4) is 0 Å². The van der Waals surface area contributed by atoms with Gasteiger partial charge in [0.05, 0.1) is 11.1 Å². The van der Waals surface area contributed by atoms with E-state index in [1.54, 1.807) is 25.1 Å². The zero-order valence-corrected chi connectivity index (χ0v) is 13.8. The first-order valence-electron chi connectivity index (χ1n) is 5.16. The van der Waals surface area contributed by atoms with Crippen molar-refractivity contribution in [2.75, 3.05) is 4.72 Å². The van der Waals surface area contributed by atoms with Crippen LogP contribution in [0.4, 0.5) is 5.82 Å². The van der Waals surface area contributed by atoms with Crippen LogP contribution in [0.2, 0.25) is 0 Å². The predicted octanol–water partition coefficient (Wildman–Crippen LogP) is 3.11. The van der Waals surface area contributed by atoms with Gasteiger partial charge in [-0.25, -0.2) is 18.4 Å². The smallest absolute Gasteiger partial charge is 0.261 e. The molecule has 0 aliphatic rings. The minimum atomic E-state index is -3.68. The highest BCUT2D eigenvalue weighted by molar-refractivity contribution is 9.11. The molecular weight excluding hydrogens is 398 g/mol. The molecular formula is C11H9Br2N3O2S. The average Bonchev–Trinajstić information content (AvgIpc) is 2.33. The molecule has 0 atom stereocenters. The van der Waals surface area contributed by atoms with Gasteiger partial charge in [0.2, 0.25) is 0 Å². The Balaban J connectivity index is 2.40. The fraction of sp³-hybridized carbons (Fsp3) is 0.0909. The lowest BCUT2D eigenvalue weighted by atomic mass is 10.2. The highest BCUT2D eigenvalue weighted by Gasteiger charge is 2.18. The van der Waals surface area contributed by atoms with Gasteiger partial charge < -0.3 is 0 Å². The maximum absolute atomic E-state index is 12.2. The number of benzene rings is 1. The molecule has 0 radical (unpaired) electrons. The van der Waals surface area contributed by atoms with Crippen molar-refractivity contribution in [3.05, 3.63) is 45.2 Å². The highest BCUT2D eigenvalue weighted by Crippen LogP contribution is 2.23. The van der Waals surface area contributed by atoms with Crippen molar-refractivity contribution in [3.63, 3.8) is 0 Å². The second-order valence-corrected chi connectivity index (χ2v) is 6.92. The molecule has 5 nitrogen and oxygen atoms in total. The molecule has 0 saturated carbocycles. The molecule has 1 heterocycles. The maximum atomic E-state index is 12.2. The highest BCUT2D eigenvalue weighted by atomic mass is 79.9. The molecule has 1 N–H and O–H groups in total. The van der Waals surface area contributed by atoms with Gasteiger partial charge in [0.1, 0.15) is 4.60 Å². The van der Waals surface area contributed by atoms with Crippen LogP contribution < -0.4 is 4.72 Å². The monoisotopic (exact) mass is 405 g/mol. The number of hydrogen-bond acceptors (Lipinski definition) is 4. The van der Waals surface area contributed by atoms with Crippen molar-refractivity contribution in [2.24, 2.45) is 0 Å². The number of nitrogens with one attached hydrogen (secondary N) is 1. The largest absolute Gasteiger partial charge is 0.263 e. The Morgan fingerprint density at radius 1 is 1.21 bits per heavy atom. The molecule has 0 fully saturated rings. The summed E-state index contributed by atoms with van der Waals surface area (Å²) in [5, 5.41) is 0. The molecule has 1 aromatic carbocycles. The second-order valence-electron chi connectivity index (χ2n) is 3.70. The van der Waals surface area contributed by atoms with E-state index < -0.39 is 10.0 Å². The quantitative estimate of drug-likeness (QED) is 0.849. The van der Waals surface area contributed by atoms with Crippen molar-refractivity contribution in [3.8, 4) is 0 Å². The molecule has 100 valence electrons. The molecule has 0 bridgehead atoms. The zero-order valence-electron chi connectivity index (χ0n) is 9.76. The average molecular weight is 407 g/mol. The summed E-state index contributed by atoms with van der Waals surface area (Å²) >= 11 is 6.31. The lowest BCUT2D eigenvalue weighted by molar-refractivity contribution is 0.600. The molecule has 2 aromatic rings. The van der Waals surface area contributed by atoms with Gasteiger partial charge in [-0.2, -0.15) is 0 Å². The third kappa shape index (κ3) is 3.31. The number of nitrogens with zero attached hydrogens (tertiary/aromatic N) is 2. The molecule has 0 saturated heterocycles. The third-order valence-corrected chi connectivity index (χ3v) is 4.75. The summed E-state index contributed by atoms with van der Waals surface area (Å²) in [5.41, 5.74) is 0.663. The number of aromatic nitrogens is 2. The van der Waals surface area contributed by atoms with E-state index in [1.807, 2.05) is 0 Å². The van der Waals surface area contributed by atoms with E-state index in [-0.39, 0.29) is 10.7 Å². The van der Waals surface area contributed by atoms with E-state index >= 15 is 0 Å².